The Morgan fingerprint density at radius 1 is 1.17 bits per heavy atom. The van der Waals surface area contributed by atoms with E-state index in [0.717, 1.165) is 41.8 Å². The minimum atomic E-state index is -0.316. The van der Waals surface area contributed by atoms with Crippen LogP contribution in [-0.4, -0.2) is 44.4 Å². The summed E-state index contributed by atoms with van der Waals surface area (Å²) in [5, 5.41) is 4.34. The van der Waals surface area contributed by atoms with E-state index in [9.17, 15) is 14.0 Å². The summed E-state index contributed by atoms with van der Waals surface area (Å²) < 4.78 is 14.9. The second-order valence-corrected chi connectivity index (χ2v) is 9.90. The van der Waals surface area contributed by atoms with Crippen molar-refractivity contribution in [1.29, 1.82) is 0 Å². The molecule has 0 saturated carbocycles. The van der Waals surface area contributed by atoms with Gasteiger partial charge < -0.3 is 4.90 Å². The molecule has 3 aromatic rings. The molecule has 36 heavy (non-hydrogen) atoms. The Kier molecular flexibility index (Phi) is 7.48. The van der Waals surface area contributed by atoms with Crippen molar-refractivity contribution in [3.05, 3.63) is 82.7 Å². The van der Waals surface area contributed by atoms with Gasteiger partial charge in [0.15, 0.2) is 5.78 Å². The maximum atomic E-state index is 13.3. The number of carbonyl (C=O) groups excluding carboxylic acids is 2. The van der Waals surface area contributed by atoms with E-state index in [2.05, 4.69) is 11.2 Å². The molecule has 1 unspecified atom stereocenters. The number of pyridine rings is 1. The zero-order valence-electron chi connectivity index (χ0n) is 21.6. The van der Waals surface area contributed by atoms with Crippen molar-refractivity contribution in [1.82, 2.24) is 19.7 Å². The number of nitrogens with zero attached hydrogens (tertiary/aromatic N) is 4. The Morgan fingerprint density at radius 3 is 2.50 bits per heavy atom. The number of aryl methyl sites for hydroxylation is 1. The molecule has 1 aromatic carbocycles. The molecular weight excluding hydrogens is 455 g/mol. The highest BCUT2D eigenvalue weighted by Gasteiger charge is 2.25. The lowest BCUT2D eigenvalue weighted by atomic mass is 9.90. The van der Waals surface area contributed by atoms with Gasteiger partial charge in [-0.15, -0.1) is 0 Å². The first-order valence-corrected chi connectivity index (χ1v) is 12.4. The molecule has 0 saturated heterocycles. The Labute approximate surface area is 211 Å². The van der Waals surface area contributed by atoms with Crippen molar-refractivity contribution >= 4 is 17.3 Å². The molecule has 1 aliphatic carbocycles. The average molecular weight is 489 g/mol. The van der Waals surface area contributed by atoms with Crippen LogP contribution in [0.15, 0.2) is 48.8 Å². The van der Waals surface area contributed by atoms with Crippen LogP contribution >= 0.6 is 0 Å². The molecule has 1 aliphatic rings. The Balaban J connectivity index is 1.44. The van der Waals surface area contributed by atoms with E-state index < -0.39 is 0 Å². The quantitative estimate of drug-likeness (QED) is 0.412. The van der Waals surface area contributed by atoms with Gasteiger partial charge in [0.1, 0.15) is 5.82 Å². The van der Waals surface area contributed by atoms with E-state index in [0.29, 0.717) is 11.3 Å². The third kappa shape index (κ3) is 5.30. The average Bonchev–Trinajstić information content (AvgIpc) is 3.25. The van der Waals surface area contributed by atoms with Crippen molar-refractivity contribution in [3.63, 3.8) is 0 Å². The maximum Gasteiger partial charge on any atom is 0.225 e. The van der Waals surface area contributed by atoms with Crippen LogP contribution in [0.5, 0.6) is 0 Å². The third-order valence-corrected chi connectivity index (χ3v) is 6.96. The zero-order chi connectivity index (χ0) is 26.0. The number of amides is 1. The summed E-state index contributed by atoms with van der Waals surface area (Å²) in [5.74, 6) is -0.171. The van der Waals surface area contributed by atoms with Crippen LogP contribution in [0.1, 0.15) is 66.0 Å². The van der Waals surface area contributed by atoms with Crippen molar-refractivity contribution in [2.24, 2.45) is 5.92 Å². The van der Waals surface area contributed by atoms with Gasteiger partial charge in [0.05, 0.1) is 28.8 Å². The molecule has 0 aliphatic heterocycles. The molecule has 0 fully saturated rings. The van der Waals surface area contributed by atoms with Gasteiger partial charge in [-0.25, -0.2) is 9.07 Å². The molecule has 0 N–H and O–H groups in total. The van der Waals surface area contributed by atoms with E-state index in [1.807, 2.05) is 45.7 Å². The Bertz CT molecular complexity index is 1310. The molecule has 6 nitrogen and oxygen atoms in total. The largest absolute Gasteiger partial charge is 0.342 e. The van der Waals surface area contributed by atoms with Crippen LogP contribution in [0.4, 0.5) is 4.39 Å². The van der Waals surface area contributed by atoms with E-state index in [-0.39, 0.29) is 35.9 Å². The van der Waals surface area contributed by atoms with Crippen LogP contribution in [0.3, 0.4) is 0 Å². The lowest BCUT2D eigenvalue weighted by molar-refractivity contribution is -0.135. The van der Waals surface area contributed by atoms with Gasteiger partial charge in [0.2, 0.25) is 5.91 Å². The van der Waals surface area contributed by atoms with E-state index in [1.165, 1.54) is 17.7 Å². The number of rotatable bonds is 7. The zero-order valence-corrected chi connectivity index (χ0v) is 21.6. The van der Waals surface area contributed by atoms with E-state index in [1.54, 1.807) is 29.2 Å². The summed E-state index contributed by atoms with van der Waals surface area (Å²) in [5.41, 5.74) is 6.02. The van der Waals surface area contributed by atoms with Crippen LogP contribution in [0, 0.1) is 25.6 Å². The first-order valence-electron chi connectivity index (χ1n) is 12.4. The summed E-state index contributed by atoms with van der Waals surface area (Å²) >= 11 is 0. The summed E-state index contributed by atoms with van der Waals surface area (Å²) in [7, 11) is 1.90. The fraction of sp³-hybridized carbons (Fsp3) is 0.379. The minimum Gasteiger partial charge on any atom is -0.342 e. The van der Waals surface area contributed by atoms with Gasteiger partial charge in [0, 0.05) is 31.6 Å². The molecule has 188 valence electrons. The first kappa shape index (κ1) is 25.5. The molecule has 0 bridgehead atoms. The highest BCUT2D eigenvalue weighted by molar-refractivity contribution is 5.98. The van der Waals surface area contributed by atoms with Crippen molar-refractivity contribution < 1.29 is 14.0 Å². The number of aromatic nitrogens is 3. The number of benzene rings is 1. The molecule has 1 amide bonds. The van der Waals surface area contributed by atoms with Crippen LogP contribution in [0.25, 0.3) is 11.3 Å². The van der Waals surface area contributed by atoms with Crippen LogP contribution < -0.4 is 0 Å². The Morgan fingerprint density at radius 2 is 1.89 bits per heavy atom. The lowest BCUT2D eigenvalue weighted by Crippen LogP contribution is -2.40. The topological polar surface area (TPSA) is 68.1 Å². The number of Topliss-reactive ketones (excluding diaryl/α,β-unsaturated/α-hetero) is 1. The van der Waals surface area contributed by atoms with Crippen molar-refractivity contribution in [3.8, 4) is 5.69 Å². The summed E-state index contributed by atoms with van der Waals surface area (Å²) in [6.07, 6.45) is 8.39. The van der Waals surface area contributed by atoms with Gasteiger partial charge in [-0.05, 0) is 74.1 Å². The van der Waals surface area contributed by atoms with Gasteiger partial charge in [0.25, 0.3) is 0 Å². The SMILES string of the molecule is Cc1cc(CC(=O)c2cnn(-c3ccc(F)cc3)c2C)cnc1C1=CCC(N(C)C(=O)C(C)C)CC1. The predicted octanol–water partition coefficient (Wildman–Crippen LogP) is 5.50. The van der Waals surface area contributed by atoms with Gasteiger partial charge in [-0.3, -0.25) is 14.6 Å². The molecule has 0 radical (unpaired) electrons. The maximum absolute atomic E-state index is 13.3. The third-order valence-electron chi connectivity index (χ3n) is 6.96. The number of halogens is 1. The summed E-state index contributed by atoms with van der Waals surface area (Å²) in [6, 6.07) is 8.27. The predicted molar refractivity (Wildman–Crippen MR) is 138 cm³/mol. The highest BCUT2D eigenvalue weighted by Crippen LogP contribution is 2.30. The summed E-state index contributed by atoms with van der Waals surface area (Å²) in [6.45, 7) is 7.73. The standard InChI is InChI=1S/C29H33FN4O2/c1-18(2)29(36)33(5)24-10-6-22(7-11-24)28-19(3)14-21(16-31-28)15-27(35)26-17-32-34(20(26)4)25-12-8-23(30)9-13-25/h6,8-9,12-14,16-18,24H,7,10-11,15H2,1-5H3. The van der Waals surface area contributed by atoms with Gasteiger partial charge in [-0.1, -0.05) is 26.0 Å². The van der Waals surface area contributed by atoms with Crippen LogP contribution in [0.2, 0.25) is 0 Å². The molecule has 1 atom stereocenters. The first-order chi connectivity index (χ1) is 17.2. The van der Waals surface area contributed by atoms with E-state index in [4.69, 9.17) is 4.98 Å². The minimum absolute atomic E-state index is 0.000540. The number of allylic oxidation sites excluding steroid dienone is 1. The molecule has 2 heterocycles. The monoisotopic (exact) mass is 488 g/mol. The smallest absolute Gasteiger partial charge is 0.225 e. The number of hydrogen-bond donors (Lipinski definition) is 0. The second kappa shape index (κ2) is 10.6. The molecule has 7 heteroatoms. The van der Waals surface area contributed by atoms with Gasteiger partial charge >= 0.3 is 0 Å². The van der Waals surface area contributed by atoms with E-state index >= 15 is 0 Å². The number of carbonyl (C=O) groups is 2. The number of ketones is 1. The highest BCUT2D eigenvalue weighted by atomic mass is 19.1. The second-order valence-electron chi connectivity index (χ2n) is 9.90. The van der Waals surface area contributed by atoms with Crippen LogP contribution in [-0.2, 0) is 11.2 Å². The lowest BCUT2D eigenvalue weighted by Gasteiger charge is -2.32. The number of hydrogen-bond acceptors (Lipinski definition) is 4. The van der Waals surface area contributed by atoms with Crippen molar-refractivity contribution in [2.45, 2.75) is 59.4 Å². The molecule has 0 spiro atoms. The molecule has 2 aromatic heterocycles. The van der Waals surface area contributed by atoms with Gasteiger partial charge in [-0.2, -0.15) is 5.10 Å². The molecule has 4 rings (SSSR count). The fourth-order valence-electron chi connectivity index (χ4n) is 4.85. The summed E-state index contributed by atoms with van der Waals surface area (Å²) in [4.78, 5) is 32.0. The molecular formula is C29H33FN4O2. The Hall–Kier alpha value is -3.61. The normalized spacial score (nSPS) is 15.6. The fourth-order valence-corrected chi connectivity index (χ4v) is 4.85. The van der Waals surface area contributed by atoms with Crippen molar-refractivity contribution in [2.75, 3.05) is 7.05 Å².